The summed E-state index contributed by atoms with van der Waals surface area (Å²) in [6, 6.07) is 9.90. The lowest BCUT2D eigenvalue weighted by atomic mass is 10.1. The van der Waals surface area contributed by atoms with E-state index in [4.69, 9.17) is 0 Å². The molecule has 2 aromatic rings. The molecular formula is C16H20N2O3S2. The number of anilines is 1. The van der Waals surface area contributed by atoms with Crippen LogP contribution in [-0.2, 0) is 10.0 Å². The van der Waals surface area contributed by atoms with Gasteiger partial charge < -0.3 is 5.32 Å². The molecule has 7 heteroatoms. The molecule has 0 saturated heterocycles. The van der Waals surface area contributed by atoms with Crippen LogP contribution in [0, 0.1) is 12.8 Å². The third-order valence-corrected chi connectivity index (χ3v) is 5.93. The fourth-order valence-electron chi connectivity index (χ4n) is 1.91. The molecule has 0 aliphatic carbocycles. The molecule has 0 bridgehead atoms. The maximum absolute atomic E-state index is 12.4. The molecule has 0 spiro atoms. The Bertz CT molecular complexity index is 795. The first-order valence-electron chi connectivity index (χ1n) is 7.26. The van der Waals surface area contributed by atoms with E-state index in [2.05, 4.69) is 10.0 Å². The van der Waals surface area contributed by atoms with Crippen LogP contribution in [0.15, 0.2) is 40.6 Å². The third kappa shape index (κ3) is 4.56. The molecule has 2 N–H and O–H groups in total. The summed E-state index contributed by atoms with van der Waals surface area (Å²) >= 11 is 1.19. The summed E-state index contributed by atoms with van der Waals surface area (Å²) in [5.41, 5.74) is 0.588. The van der Waals surface area contributed by atoms with Crippen LogP contribution in [0.25, 0.3) is 0 Å². The van der Waals surface area contributed by atoms with Crippen LogP contribution in [-0.4, -0.2) is 20.9 Å². The maximum atomic E-state index is 12.4. The van der Waals surface area contributed by atoms with Gasteiger partial charge in [-0.3, -0.25) is 9.52 Å². The topological polar surface area (TPSA) is 75.3 Å². The zero-order valence-electron chi connectivity index (χ0n) is 13.3. The fraction of sp³-hybridized carbons (Fsp3) is 0.312. The van der Waals surface area contributed by atoms with Gasteiger partial charge in [0.1, 0.15) is 4.21 Å². The average molecular weight is 352 g/mol. The summed E-state index contributed by atoms with van der Waals surface area (Å²) in [5.74, 6) is 0.0243. The van der Waals surface area contributed by atoms with Gasteiger partial charge in [-0.05, 0) is 37.1 Å². The van der Waals surface area contributed by atoms with E-state index in [0.717, 1.165) is 4.88 Å². The number of hydrogen-bond donors (Lipinski definition) is 2. The molecular weight excluding hydrogens is 332 g/mol. The van der Waals surface area contributed by atoms with Gasteiger partial charge in [-0.2, -0.15) is 0 Å². The highest BCUT2D eigenvalue weighted by Gasteiger charge is 2.19. The lowest BCUT2D eigenvalue weighted by molar-refractivity contribution is 0.0950. The molecule has 0 unspecified atom stereocenters. The molecule has 5 nitrogen and oxygen atoms in total. The van der Waals surface area contributed by atoms with Crippen molar-refractivity contribution in [3.05, 3.63) is 46.8 Å². The number of hydrogen-bond acceptors (Lipinski definition) is 4. The molecule has 1 heterocycles. The zero-order valence-corrected chi connectivity index (χ0v) is 14.9. The molecule has 1 aromatic carbocycles. The first-order valence-corrected chi connectivity index (χ1v) is 9.56. The van der Waals surface area contributed by atoms with E-state index in [1.54, 1.807) is 36.4 Å². The Morgan fingerprint density at radius 3 is 2.48 bits per heavy atom. The third-order valence-electron chi connectivity index (χ3n) is 3.07. The first-order chi connectivity index (χ1) is 10.8. The van der Waals surface area contributed by atoms with E-state index in [9.17, 15) is 13.2 Å². The van der Waals surface area contributed by atoms with Crippen molar-refractivity contribution in [2.45, 2.75) is 25.0 Å². The smallest absolute Gasteiger partial charge is 0.271 e. The number of rotatable bonds is 6. The molecule has 23 heavy (non-hydrogen) atoms. The van der Waals surface area contributed by atoms with Crippen LogP contribution in [0.5, 0.6) is 0 Å². The summed E-state index contributed by atoms with van der Waals surface area (Å²) in [5, 5.41) is 2.80. The largest absolute Gasteiger partial charge is 0.352 e. The highest BCUT2D eigenvalue weighted by atomic mass is 32.2. The standard InChI is InChI=1S/C16H20N2O3S2/c1-11(2)10-17-16(19)13-6-4-5-7-14(13)18-23(20,21)15-9-8-12(3)22-15/h4-9,11,18H,10H2,1-3H3,(H,17,19). The van der Waals surface area contributed by atoms with Gasteiger partial charge in [-0.1, -0.05) is 26.0 Å². The van der Waals surface area contributed by atoms with Gasteiger partial charge in [0.15, 0.2) is 0 Å². The van der Waals surface area contributed by atoms with Crippen LogP contribution in [0.1, 0.15) is 29.1 Å². The van der Waals surface area contributed by atoms with Crippen molar-refractivity contribution in [1.82, 2.24) is 5.32 Å². The van der Waals surface area contributed by atoms with Crippen molar-refractivity contribution in [3.8, 4) is 0 Å². The van der Waals surface area contributed by atoms with Gasteiger partial charge in [-0.25, -0.2) is 8.42 Å². The van der Waals surface area contributed by atoms with E-state index >= 15 is 0 Å². The number of carbonyl (C=O) groups excluding carboxylic acids is 1. The monoisotopic (exact) mass is 352 g/mol. The number of thiophene rings is 1. The Morgan fingerprint density at radius 2 is 1.87 bits per heavy atom. The second-order valence-electron chi connectivity index (χ2n) is 5.62. The number of nitrogens with one attached hydrogen (secondary N) is 2. The normalized spacial score (nSPS) is 11.5. The summed E-state index contributed by atoms with van der Waals surface area (Å²) in [6.07, 6.45) is 0. The van der Waals surface area contributed by atoms with E-state index in [1.165, 1.54) is 11.3 Å². The van der Waals surface area contributed by atoms with Crippen LogP contribution in [0.4, 0.5) is 5.69 Å². The average Bonchev–Trinajstić information content (AvgIpc) is 2.92. The van der Waals surface area contributed by atoms with Crippen LogP contribution in [0.2, 0.25) is 0 Å². The molecule has 1 aromatic heterocycles. The number of sulfonamides is 1. The number of para-hydroxylation sites is 1. The summed E-state index contributed by atoms with van der Waals surface area (Å²) < 4.78 is 27.6. The lowest BCUT2D eigenvalue weighted by Crippen LogP contribution is -2.28. The summed E-state index contributed by atoms with van der Waals surface area (Å²) in [6.45, 7) is 6.36. The van der Waals surface area contributed by atoms with Crippen molar-refractivity contribution in [2.75, 3.05) is 11.3 Å². The van der Waals surface area contributed by atoms with Gasteiger partial charge in [-0.15, -0.1) is 11.3 Å². The van der Waals surface area contributed by atoms with Crippen molar-refractivity contribution >= 4 is 33.0 Å². The Morgan fingerprint density at radius 1 is 1.17 bits per heavy atom. The van der Waals surface area contributed by atoms with Crippen molar-refractivity contribution < 1.29 is 13.2 Å². The maximum Gasteiger partial charge on any atom is 0.271 e. The highest BCUT2D eigenvalue weighted by molar-refractivity contribution is 7.94. The van der Waals surface area contributed by atoms with E-state index in [1.807, 2.05) is 20.8 Å². The number of aryl methyl sites for hydroxylation is 1. The first kappa shape index (κ1) is 17.5. The molecule has 0 fully saturated rings. The number of amides is 1. The van der Waals surface area contributed by atoms with E-state index in [-0.39, 0.29) is 15.8 Å². The quantitative estimate of drug-likeness (QED) is 0.838. The molecule has 0 aliphatic heterocycles. The van der Waals surface area contributed by atoms with Crippen molar-refractivity contribution in [3.63, 3.8) is 0 Å². The van der Waals surface area contributed by atoms with E-state index < -0.39 is 10.0 Å². The molecule has 0 atom stereocenters. The van der Waals surface area contributed by atoms with Crippen molar-refractivity contribution in [2.24, 2.45) is 5.92 Å². The van der Waals surface area contributed by atoms with Gasteiger partial charge in [0.2, 0.25) is 0 Å². The lowest BCUT2D eigenvalue weighted by Gasteiger charge is -2.13. The van der Waals surface area contributed by atoms with Crippen LogP contribution < -0.4 is 10.0 Å². The number of benzene rings is 1. The summed E-state index contributed by atoms with van der Waals surface area (Å²) in [4.78, 5) is 13.2. The molecule has 124 valence electrons. The Kier molecular flexibility index (Phi) is 5.43. The Balaban J connectivity index is 2.25. The molecule has 0 radical (unpaired) electrons. The summed E-state index contributed by atoms with van der Waals surface area (Å²) in [7, 11) is -3.69. The second kappa shape index (κ2) is 7.14. The SMILES string of the molecule is Cc1ccc(S(=O)(=O)Nc2ccccc2C(=O)NCC(C)C)s1. The Labute approximate surface area is 140 Å². The van der Waals surface area contributed by atoms with Gasteiger partial charge in [0.25, 0.3) is 15.9 Å². The Hall–Kier alpha value is -1.86. The van der Waals surface area contributed by atoms with Gasteiger partial charge in [0, 0.05) is 11.4 Å². The predicted molar refractivity (Wildman–Crippen MR) is 93.5 cm³/mol. The molecule has 0 aliphatic rings. The van der Waals surface area contributed by atoms with Crippen LogP contribution >= 0.6 is 11.3 Å². The second-order valence-corrected chi connectivity index (χ2v) is 8.82. The minimum atomic E-state index is -3.69. The zero-order chi connectivity index (χ0) is 17.0. The van der Waals surface area contributed by atoms with Crippen molar-refractivity contribution in [1.29, 1.82) is 0 Å². The highest BCUT2D eigenvalue weighted by Crippen LogP contribution is 2.25. The minimum absolute atomic E-state index is 0.229. The van der Waals surface area contributed by atoms with Gasteiger partial charge in [0.05, 0.1) is 11.3 Å². The molecule has 2 rings (SSSR count). The molecule has 1 amide bonds. The predicted octanol–water partition coefficient (Wildman–Crippen LogP) is 3.24. The van der Waals surface area contributed by atoms with Crippen LogP contribution in [0.3, 0.4) is 0 Å². The fourth-order valence-corrected chi connectivity index (χ4v) is 4.28. The molecule has 0 saturated carbocycles. The number of carbonyl (C=O) groups is 1. The minimum Gasteiger partial charge on any atom is -0.352 e. The van der Waals surface area contributed by atoms with E-state index in [0.29, 0.717) is 18.0 Å². The van der Waals surface area contributed by atoms with Gasteiger partial charge >= 0.3 is 0 Å².